The van der Waals surface area contributed by atoms with Crippen molar-refractivity contribution in [2.75, 3.05) is 0 Å². The van der Waals surface area contributed by atoms with Gasteiger partial charge < -0.3 is 0 Å². The van der Waals surface area contributed by atoms with Crippen molar-refractivity contribution in [3.8, 4) is 0 Å². The predicted octanol–water partition coefficient (Wildman–Crippen LogP) is 1.47. The fraction of sp³-hybridized carbons (Fsp3) is 0.0833. The molecule has 0 unspecified atom stereocenters. The topological polar surface area (TPSA) is 12.9 Å². The summed E-state index contributed by atoms with van der Waals surface area (Å²) in [6, 6.07) is 16.4. The molecule has 0 saturated carbocycles. The van der Waals surface area contributed by atoms with Crippen molar-refractivity contribution in [1.82, 2.24) is 4.98 Å². The van der Waals surface area contributed by atoms with Crippen LogP contribution in [0.2, 0.25) is 0 Å². The second kappa shape index (κ2) is 4.41. The van der Waals surface area contributed by atoms with Gasteiger partial charge in [-0.25, -0.2) is 0 Å². The quantitative estimate of drug-likeness (QED) is 0.732. The normalized spacial score (nSPS) is 10.0. The Balaban J connectivity index is 2.19. The van der Waals surface area contributed by atoms with E-state index < -0.39 is 0 Å². The van der Waals surface area contributed by atoms with E-state index in [0.29, 0.717) is 0 Å². The molecule has 0 amide bonds. The van der Waals surface area contributed by atoms with E-state index in [1.54, 1.807) is 0 Å². The zero-order valence-electron chi connectivity index (χ0n) is 7.68. The van der Waals surface area contributed by atoms with Crippen molar-refractivity contribution >= 4 is 20.6 Å². The number of benzene rings is 1. The summed E-state index contributed by atoms with van der Waals surface area (Å²) < 4.78 is 0.957. The first-order chi connectivity index (χ1) is 6.84. The van der Waals surface area contributed by atoms with Gasteiger partial charge in [-0.2, -0.15) is 0 Å². The van der Waals surface area contributed by atoms with Gasteiger partial charge in [0.2, 0.25) is 0 Å². The molecule has 0 saturated heterocycles. The van der Waals surface area contributed by atoms with Gasteiger partial charge in [-0.05, 0) is 0 Å². The Hall–Kier alpha value is -1.11. The van der Waals surface area contributed by atoms with Gasteiger partial charge in [0, 0.05) is 0 Å². The maximum absolute atomic E-state index is 4.41. The molecular formula is C12H10NSe. The fourth-order valence-corrected chi connectivity index (χ4v) is 1.77. The Morgan fingerprint density at radius 3 is 2.43 bits per heavy atom. The fourth-order valence-electron chi connectivity index (χ4n) is 1.36. The molecule has 0 aliphatic carbocycles. The average molecular weight is 247 g/mol. The summed E-state index contributed by atoms with van der Waals surface area (Å²) in [5, 5.41) is 0. The molecule has 1 radical (unpaired) electrons. The van der Waals surface area contributed by atoms with Gasteiger partial charge in [0.15, 0.2) is 0 Å². The Labute approximate surface area is 92.0 Å². The van der Waals surface area contributed by atoms with Crippen LogP contribution < -0.4 is 4.59 Å². The summed E-state index contributed by atoms with van der Waals surface area (Å²) in [7, 11) is 0. The minimum absolute atomic E-state index is 0.899. The monoisotopic (exact) mass is 248 g/mol. The van der Waals surface area contributed by atoms with Crippen LogP contribution >= 0.6 is 0 Å². The summed E-state index contributed by atoms with van der Waals surface area (Å²) in [5.74, 6) is 0. The predicted molar refractivity (Wildman–Crippen MR) is 58.9 cm³/mol. The van der Waals surface area contributed by atoms with Crippen LogP contribution in [0.3, 0.4) is 0 Å². The molecule has 2 heteroatoms. The van der Waals surface area contributed by atoms with E-state index >= 15 is 0 Å². The molecule has 69 valence electrons. The number of aromatic nitrogens is 1. The van der Waals surface area contributed by atoms with E-state index in [2.05, 4.69) is 45.3 Å². The first kappa shape index (κ1) is 9.44. The third kappa shape index (κ3) is 2.44. The van der Waals surface area contributed by atoms with Crippen LogP contribution in [0, 0.1) is 0 Å². The third-order valence-corrected chi connectivity index (χ3v) is 2.49. The number of rotatable bonds is 2. The summed E-state index contributed by atoms with van der Waals surface area (Å²) in [5.41, 5.74) is 2.40. The summed E-state index contributed by atoms with van der Waals surface area (Å²) in [6.07, 6.45) is 0.899. The van der Waals surface area contributed by atoms with Crippen LogP contribution in [0.4, 0.5) is 0 Å². The standard InChI is InChI=1S/C12H10NSe/c14-12-8-4-7-11(13-12)9-10-5-2-1-3-6-10/h1-8H,9H2. The van der Waals surface area contributed by atoms with Gasteiger partial charge in [-0.1, -0.05) is 0 Å². The van der Waals surface area contributed by atoms with E-state index in [1.165, 1.54) is 5.56 Å². The van der Waals surface area contributed by atoms with Crippen molar-refractivity contribution in [1.29, 1.82) is 0 Å². The summed E-state index contributed by atoms with van der Waals surface area (Å²) in [4.78, 5) is 4.41. The molecule has 14 heavy (non-hydrogen) atoms. The van der Waals surface area contributed by atoms with E-state index in [-0.39, 0.29) is 0 Å². The Kier molecular flexibility index (Phi) is 2.97. The second-order valence-corrected chi connectivity index (χ2v) is 4.01. The SMILES string of the molecule is [Se]c1cccc(Cc2ccccc2)n1. The zero-order valence-corrected chi connectivity index (χ0v) is 9.39. The van der Waals surface area contributed by atoms with Crippen LogP contribution in [0.1, 0.15) is 11.3 Å². The van der Waals surface area contributed by atoms with Crippen LogP contribution in [-0.4, -0.2) is 21.0 Å². The van der Waals surface area contributed by atoms with Gasteiger partial charge >= 0.3 is 91.8 Å². The third-order valence-electron chi connectivity index (χ3n) is 2.01. The van der Waals surface area contributed by atoms with Crippen molar-refractivity contribution in [2.45, 2.75) is 6.42 Å². The van der Waals surface area contributed by atoms with Gasteiger partial charge in [0.05, 0.1) is 0 Å². The van der Waals surface area contributed by atoms with Crippen LogP contribution in [0.15, 0.2) is 48.5 Å². The molecule has 1 heterocycles. The summed E-state index contributed by atoms with van der Waals surface area (Å²) in [6.45, 7) is 0. The molecule has 0 atom stereocenters. The van der Waals surface area contributed by atoms with Gasteiger partial charge in [-0.3, -0.25) is 0 Å². The van der Waals surface area contributed by atoms with Crippen molar-refractivity contribution in [3.05, 3.63) is 59.8 Å². The van der Waals surface area contributed by atoms with E-state index in [1.807, 2.05) is 24.3 Å². The Morgan fingerprint density at radius 2 is 1.71 bits per heavy atom. The first-order valence-corrected chi connectivity index (χ1v) is 5.37. The minimum atomic E-state index is 0.899. The molecule has 0 aliphatic heterocycles. The van der Waals surface area contributed by atoms with Crippen LogP contribution in [0.5, 0.6) is 0 Å². The van der Waals surface area contributed by atoms with Gasteiger partial charge in [-0.15, -0.1) is 0 Å². The van der Waals surface area contributed by atoms with Gasteiger partial charge in [0.25, 0.3) is 0 Å². The van der Waals surface area contributed by atoms with E-state index in [9.17, 15) is 0 Å². The maximum atomic E-state index is 4.41. The molecule has 0 fully saturated rings. The Morgan fingerprint density at radius 1 is 0.929 bits per heavy atom. The number of hydrogen-bond acceptors (Lipinski definition) is 1. The van der Waals surface area contributed by atoms with Gasteiger partial charge in [0.1, 0.15) is 0 Å². The van der Waals surface area contributed by atoms with Crippen molar-refractivity contribution in [2.24, 2.45) is 0 Å². The average Bonchev–Trinajstić information content (AvgIpc) is 2.19. The van der Waals surface area contributed by atoms with Crippen molar-refractivity contribution in [3.63, 3.8) is 0 Å². The number of hydrogen-bond donors (Lipinski definition) is 0. The zero-order chi connectivity index (χ0) is 9.80. The van der Waals surface area contributed by atoms with E-state index in [4.69, 9.17) is 0 Å². The summed E-state index contributed by atoms with van der Waals surface area (Å²) >= 11 is 2.92. The molecule has 2 rings (SSSR count). The number of pyridine rings is 1. The molecule has 0 spiro atoms. The number of nitrogens with zero attached hydrogens (tertiary/aromatic N) is 1. The Bertz CT molecular complexity index is 412. The molecular weight excluding hydrogens is 237 g/mol. The molecule has 0 N–H and O–H groups in total. The molecule has 1 nitrogen and oxygen atoms in total. The molecule has 1 aromatic heterocycles. The van der Waals surface area contributed by atoms with Crippen LogP contribution in [0.25, 0.3) is 0 Å². The molecule has 0 bridgehead atoms. The molecule has 0 aliphatic rings. The van der Waals surface area contributed by atoms with E-state index in [0.717, 1.165) is 16.7 Å². The molecule has 2 aromatic rings. The van der Waals surface area contributed by atoms with Crippen LogP contribution in [-0.2, 0) is 6.42 Å². The molecule has 1 aromatic carbocycles. The van der Waals surface area contributed by atoms with Crippen molar-refractivity contribution < 1.29 is 0 Å². The first-order valence-electron chi connectivity index (χ1n) is 4.51. The second-order valence-electron chi connectivity index (χ2n) is 3.13.